The van der Waals surface area contributed by atoms with E-state index in [1.54, 1.807) is 16.8 Å². The summed E-state index contributed by atoms with van der Waals surface area (Å²) in [6, 6.07) is 3.61. The zero-order valence-corrected chi connectivity index (χ0v) is 12.9. The fourth-order valence-electron chi connectivity index (χ4n) is 1.68. The first-order chi connectivity index (χ1) is 8.99. The van der Waals surface area contributed by atoms with Crippen LogP contribution in [0.5, 0.6) is 5.75 Å². The first-order valence-corrected chi connectivity index (χ1v) is 6.92. The van der Waals surface area contributed by atoms with Gasteiger partial charge < -0.3 is 10.5 Å². The molecule has 0 unspecified atom stereocenters. The highest BCUT2D eigenvalue weighted by Crippen LogP contribution is 2.35. The van der Waals surface area contributed by atoms with E-state index in [9.17, 15) is 0 Å². The Bertz CT molecular complexity index is 562. The van der Waals surface area contributed by atoms with Crippen LogP contribution in [-0.2, 0) is 6.61 Å². The SMILES string of the molecule is CC(C)n1ncnc1COc1c(N)cc(Cl)cc1Br. The van der Waals surface area contributed by atoms with E-state index < -0.39 is 0 Å². The van der Waals surface area contributed by atoms with Gasteiger partial charge in [0.1, 0.15) is 12.9 Å². The number of anilines is 1. The molecule has 1 heterocycles. The average molecular weight is 346 g/mol. The zero-order valence-electron chi connectivity index (χ0n) is 10.6. The van der Waals surface area contributed by atoms with Crippen LogP contribution in [0.25, 0.3) is 0 Å². The summed E-state index contributed by atoms with van der Waals surface area (Å²) < 4.78 is 8.23. The molecule has 0 aliphatic heterocycles. The Morgan fingerprint density at radius 2 is 2.21 bits per heavy atom. The highest BCUT2D eigenvalue weighted by Gasteiger charge is 2.12. The van der Waals surface area contributed by atoms with Gasteiger partial charge in [-0.05, 0) is 41.9 Å². The van der Waals surface area contributed by atoms with Crippen molar-refractivity contribution in [2.75, 3.05) is 5.73 Å². The van der Waals surface area contributed by atoms with Gasteiger partial charge in [-0.1, -0.05) is 11.6 Å². The lowest BCUT2D eigenvalue weighted by Crippen LogP contribution is -2.11. The summed E-state index contributed by atoms with van der Waals surface area (Å²) in [6.07, 6.45) is 1.51. The lowest BCUT2D eigenvalue weighted by atomic mass is 10.3. The number of nitrogens with zero attached hydrogens (tertiary/aromatic N) is 3. The zero-order chi connectivity index (χ0) is 14.0. The molecule has 0 fully saturated rings. The number of hydrogen-bond acceptors (Lipinski definition) is 4. The maximum Gasteiger partial charge on any atom is 0.165 e. The van der Waals surface area contributed by atoms with Gasteiger partial charge in [-0.25, -0.2) is 9.67 Å². The monoisotopic (exact) mass is 344 g/mol. The lowest BCUT2D eigenvalue weighted by Gasteiger charge is -2.13. The summed E-state index contributed by atoms with van der Waals surface area (Å²) in [6.45, 7) is 4.36. The minimum atomic E-state index is 0.229. The van der Waals surface area contributed by atoms with Crippen molar-refractivity contribution in [2.45, 2.75) is 26.5 Å². The molecule has 2 N–H and O–H groups in total. The summed E-state index contributed by atoms with van der Waals surface area (Å²) in [7, 11) is 0. The third-order valence-electron chi connectivity index (χ3n) is 2.52. The fourth-order valence-corrected chi connectivity index (χ4v) is 2.63. The minimum absolute atomic E-state index is 0.229. The molecule has 0 aliphatic carbocycles. The molecule has 0 saturated carbocycles. The van der Waals surface area contributed by atoms with Crippen molar-refractivity contribution in [1.82, 2.24) is 14.8 Å². The third kappa shape index (κ3) is 3.19. The summed E-state index contributed by atoms with van der Waals surface area (Å²) in [4.78, 5) is 4.17. The molecule has 0 amide bonds. The normalized spacial score (nSPS) is 11.0. The smallest absolute Gasteiger partial charge is 0.165 e. The Kier molecular flexibility index (Phi) is 4.31. The van der Waals surface area contributed by atoms with Crippen molar-refractivity contribution in [3.05, 3.63) is 33.8 Å². The van der Waals surface area contributed by atoms with Crippen LogP contribution in [0.4, 0.5) is 5.69 Å². The maximum absolute atomic E-state index is 5.90. The molecule has 2 aromatic rings. The number of nitrogens with two attached hydrogens (primary N) is 1. The number of hydrogen-bond donors (Lipinski definition) is 1. The van der Waals surface area contributed by atoms with Gasteiger partial charge in [0.2, 0.25) is 0 Å². The lowest BCUT2D eigenvalue weighted by molar-refractivity contribution is 0.282. The Morgan fingerprint density at radius 1 is 1.47 bits per heavy atom. The minimum Gasteiger partial charge on any atom is -0.482 e. The van der Waals surface area contributed by atoms with Crippen molar-refractivity contribution >= 4 is 33.2 Å². The molecule has 102 valence electrons. The van der Waals surface area contributed by atoms with Crippen molar-refractivity contribution in [2.24, 2.45) is 0 Å². The standard InChI is InChI=1S/C12H14BrClN4O/c1-7(2)18-11(16-6-17-18)5-19-12-9(13)3-8(14)4-10(12)15/h3-4,6-7H,5,15H2,1-2H3. The Labute approximate surface area is 124 Å². The first kappa shape index (κ1) is 14.1. The van der Waals surface area contributed by atoms with Gasteiger partial charge in [-0.15, -0.1) is 0 Å². The van der Waals surface area contributed by atoms with Crippen molar-refractivity contribution < 1.29 is 4.74 Å². The van der Waals surface area contributed by atoms with Gasteiger partial charge >= 0.3 is 0 Å². The predicted octanol–water partition coefficient (Wildman–Crippen LogP) is 3.44. The summed E-state index contributed by atoms with van der Waals surface area (Å²) in [5.41, 5.74) is 6.36. The average Bonchev–Trinajstić information content (AvgIpc) is 2.75. The second-order valence-corrected chi connectivity index (χ2v) is 5.60. The molecule has 5 nitrogen and oxygen atoms in total. The quantitative estimate of drug-likeness (QED) is 0.862. The number of rotatable bonds is 4. The Morgan fingerprint density at radius 3 is 2.84 bits per heavy atom. The van der Waals surface area contributed by atoms with Crippen LogP contribution >= 0.6 is 27.5 Å². The molecule has 0 atom stereocenters. The molecule has 0 spiro atoms. The number of aromatic nitrogens is 3. The number of nitrogen functional groups attached to an aromatic ring is 1. The largest absolute Gasteiger partial charge is 0.482 e. The van der Waals surface area contributed by atoms with Crippen LogP contribution < -0.4 is 10.5 Å². The molecule has 2 rings (SSSR count). The second kappa shape index (κ2) is 5.79. The van der Waals surface area contributed by atoms with Gasteiger partial charge in [-0.2, -0.15) is 5.10 Å². The molecular formula is C12H14BrClN4O. The van der Waals surface area contributed by atoms with Crippen LogP contribution in [0, 0.1) is 0 Å². The van der Waals surface area contributed by atoms with Crippen LogP contribution in [0.2, 0.25) is 5.02 Å². The topological polar surface area (TPSA) is 66.0 Å². The molecule has 0 radical (unpaired) electrons. The van der Waals surface area contributed by atoms with Gasteiger partial charge in [0.15, 0.2) is 11.6 Å². The van der Waals surface area contributed by atoms with E-state index in [2.05, 4.69) is 26.0 Å². The van der Waals surface area contributed by atoms with E-state index in [-0.39, 0.29) is 6.04 Å². The molecule has 0 saturated heterocycles. The Hall–Kier alpha value is -1.27. The first-order valence-electron chi connectivity index (χ1n) is 5.74. The van der Waals surface area contributed by atoms with Crippen molar-refractivity contribution in [3.63, 3.8) is 0 Å². The van der Waals surface area contributed by atoms with E-state index in [0.717, 1.165) is 5.82 Å². The number of ether oxygens (including phenoxy) is 1. The van der Waals surface area contributed by atoms with Crippen LogP contribution in [-0.4, -0.2) is 14.8 Å². The molecule has 1 aromatic heterocycles. The van der Waals surface area contributed by atoms with Crippen molar-refractivity contribution in [3.8, 4) is 5.75 Å². The molecule has 7 heteroatoms. The fraction of sp³-hybridized carbons (Fsp3) is 0.333. The van der Waals surface area contributed by atoms with E-state index in [1.807, 2.05) is 13.8 Å². The van der Waals surface area contributed by atoms with Crippen LogP contribution in [0.15, 0.2) is 22.9 Å². The predicted molar refractivity (Wildman–Crippen MR) is 78.3 cm³/mol. The number of halogens is 2. The third-order valence-corrected chi connectivity index (χ3v) is 3.33. The second-order valence-electron chi connectivity index (χ2n) is 4.31. The van der Waals surface area contributed by atoms with E-state index >= 15 is 0 Å². The van der Waals surface area contributed by atoms with Gasteiger partial charge in [0, 0.05) is 11.1 Å². The molecular weight excluding hydrogens is 332 g/mol. The van der Waals surface area contributed by atoms with Crippen molar-refractivity contribution in [1.29, 1.82) is 0 Å². The van der Waals surface area contributed by atoms with Crippen LogP contribution in [0.3, 0.4) is 0 Å². The van der Waals surface area contributed by atoms with Gasteiger partial charge in [0.05, 0.1) is 10.2 Å². The van der Waals surface area contributed by atoms with E-state index in [0.29, 0.717) is 27.5 Å². The summed E-state index contributed by atoms with van der Waals surface area (Å²) in [5, 5.41) is 4.71. The summed E-state index contributed by atoms with van der Waals surface area (Å²) >= 11 is 9.27. The summed E-state index contributed by atoms with van der Waals surface area (Å²) in [5.74, 6) is 1.30. The number of benzene rings is 1. The maximum atomic E-state index is 5.90. The molecule has 1 aromatic carbocycles. The molecule has 0 aliphatic rings. The van der Waals surface area contributed by atoms with E-state index in [1.165, 1.54) is 6.33 Å². The Balaban J connectivity index is 2.17. The van der Waals surface area contributed by atoms with Gasteiger partial charge in [-0.3, -0.25) is 0 Å². The molecule has 0 bridgehead atoms. The highest BCUT2D eigenvalue weighted by atomic mass is 79.9. The highest BCUT2D eigenvalue weighted by molar-refractivity contribution is 9.10. The van der Waals surface area contributed by atoms with Crippen LogP contribution in [0.1, 0.15) is 25.7 Å². The van der Waals surface area contributed by atoms with Gasteiger partial charge in [0.25, 0.3) is 0 Å². The van der Waals surface area contributed by atoms with E-state index in [4.69, 9.17) is 22.1 Å². The molecule has 19 heavy (non-hydrogen) atoms.